The molecule has 4 atom stereocenters. The quantitative estimate of drug-likeness (QED) is 0.631. The van der Waals surface area contributed by atoms with E-state index in [4.69, 9.17) is 0 Å². The van der Waals surface area contributed by atoms with Crippen molar-refractivity contribution >= 4 is 47.8 Å². The van der Waals surface area contributed by atoms with Crippen LogP contribution in [0.25, 0.3) is 0 Å². The van der Waals surface area contributed by atoms with Gasteiger partial charge in [0.05, 0.1) is 3.74 Å². The Morgan fingerprint density at radius 3 is 1.91 bits per heavy atom. The Balaban J connectivity index is 2.05. The molecule has 0 aliphatic heterocycles. The van der Waals surface area contributed by atoms with Crippen LogP contribution in [0, 0.1) is 17.8 Å². The first kappa shape index (κ1) is 9.01. The normalized spacial score (nSPS) is 49.1. The highest BCUT2D eigenvalue weighted by Gasteiger charge is 2.52. The summed E-state index contributed by atoms with van der Waals surface area (Å²) in [4.78, 5) is 0.818. The van der Waals surface area contributed by atoms with E-state index in [0.29, 0.717) is 3.74 Å². The lowest BCUT2D eigenvalue weighted by Gasteiger charge is -2.55. The van der Waals surface area contributed by atoms with E-state index in [1.54, 1.807) is 0 Å². The molecule has 0 aromatic rings. The van der Waals surface area contributed by atoms with Gasteiger partial charge >= 0.3 is 0 Å². The SMILES string of the molecule is BrC(Br)C1[C@@H]2CCC[C@H]1C2Br. The van der Waals surface area contributed by atoms with E-state index in [1.165, 1.54) is 19.3 Å². The van der Waals surface area contributed by atoms with Crippen molar-refractivity contribution in [2.45, 2.75) is 27.8 Å². The zero-order valence-corrected chi connectivity index (χ0v) is 10.9. The summed E-state index contributed by atoms with van der Waals surface area (Å²) in [6, 6.07) is 0. The largest absolute Gasteiger partial charge is 0.0884 e. The van der Waals surface area contributed by atoms with Crippen LogP contribution in [-0.4, -0.2) is 8.56 Å². The van der Waals surface area contributed by atoms with Gasteiger partial charge < -0.3 is 0 Å². The molecule has 0 amide bonds. The molecule has 64 valence electrons. The second-order valence-corrected chi connectivity index (χ2v) is 7.87. The zero-order valence-electron chi connectivity index (χ0n) is 6.14. The number of rotatable bonds is 1. The van der Waals surface area contributed by atoms with Gasteiger partial charge in [0.15, 0.2) is 0 Å². The molecule has 3 rings (SSSR count). The third-order valence-corrected chi connectivity index (χ3v) is 5.75. The Morgan fingerprint density at radius 2 is 1.64 bits per heavy atom. The van der Waals surface area contributed by atoms with Crippen molar-refractivity contribution in [3.05, 3.63) is 0 Å². The van der Waals surface area contributed by atoms with Crippen LogP contribution >= 0.6 is 47.8 Å². The van der Waals surface area contributed by atoms with Crippen LogP contribution in [0.1, 0.15) is 19.3 Å². The van der Waals surface area contributed by atoms with Crippen LogP contribution in [0.5, 0.6) is 0 Å². The van der Waals surface area contributed by atoms with Crippen molar-refractivity contribution in [2.24, 2.45) is 17.8 Å². The van der Waals surface area contributed by atoms with E-state index in [1.807, 2.05) is 0 Å². The Hall–Kier alpha value is 1.44. The highest BCUT2D eigenvalue weighted by molar-refractivity contribution is 9.24. The van der Waals surface area contributed by atoms with Crippen LogP contribution in [0.2, 0.25) is 0 Å². The molecule has 0 N–H and O–H groups in total. The maximum absolute atomic E-state index is 3.77. The van der Waals surface area contributed by atoms with E-state index < -0.39 is 0 Å². The Labute approximate surface area is 92.9 Å². The van der Waals surface area contributed by atoms with Crippen molar-refractivity contribution in [1.29, 1.82) is 0 Å². The van der Waals surface area contributed by atoms with Crippen molar-refractivity contribution < 1.29 is 0 Å². The first-order valence-corrected chi connectivity index (χ1v) is 6.88. The van der Waals surface area contributed by atoms with Gasteiger partial charge in [-0.25, -0.2) is 0 Å². The van der Waals surface area contributed by atoms with Crippen LogP contribution < -0.4 is 0 Å². The first-order chi connectivity index (χ1) is 5.22. The lowest BCUT2D eigenvalue weighted by molar-refractivity contribution is 0.0437. The number of halogens is 3. The molecule has 3 saturated carbocycles. The second-order valence-electron chi connectivity index (χ2n) is 3.61. The summed E-state index contributed by atoms with van der Waals surface area (Å²) in [5.41, 5.74) is 0. The van der Waals surface area contributed by atoms with Gasteiger partial charge in [-0.2, -0.15) is 0 Å². The monoisotopic (exact) mass is 344 g/mol. The highest BCUT2D eigenvalue weighted by Crippen LogP contribution is 2.57. The average Bonchev–Trinajstić information content (AvgIpc) is 2.02. The molecule has 0 aromatic carbocycles. The van der Waals surface area contributed by atoms with E-state index in [2.05, 4.69) is 47.8 Å². The first-order valence-electron chi connectivity index (χ1n) is 4.14. The van der Waals surface area contributed by atoms with Gasteiger partial charge in [0.1, 0.15) is 0 Å². The lowest BCUT2D eigenvalue weighted by Crippen LogP contribution is -2.53. The van der Waals surface area contributed by atoms with E-state index in [9.17, 15) is 0 Å². The van der Waals surface area contributed by atoms with Gasteiger partial charge in [0.2, 0.25) is 0 Å². The molecule has 11 heavy (non-hydrogen) atoms. The number of fused-ring (bicyclic) bond motifs is 2. The van der Waals surface area contributed by atoms with Crippen LogP contribution in [-0.2, 0) is 0 Å². The molecule has 0 heterocycles. The minimum atomic E-state index is 0.541. The predicted molar refractivity (Wildman–Crippen MR) is 58.7 cm³/mol. The van der Waals surface area contributed by atoms with Gasteiger partial charge in [-0.15, -0.1) is 0 Å². The molecular formula is C8H11Br3. The summed E-state index contributed by atoms with van der Waals surface area (Å²) in [6.45, 7) is 0. The summed E-state index contributed by atoms with van der Waals surface area (Å²) >= 11 is 11.0. The molecule has 3 fully saturated rings. The van der Waals surface area contributed by atoms with E-state index in [0.717, 1.165) is 22.6 Å². The van der Waals surface area contributed by atoms with Crippen molar-refractivity contribution in [1.82, 2.24) is 0 Å². The predicted octanol–water partition coefficient (Wildman–Crippen LogP) is 3.91. The molecule has 3 aliphatic rings. The molecule has 3 heteroatoms. The Bertz CT molecular complexity index is 145. The fourth-order valence-corrected chi connectivity index (χ4v) is 5.38. The molecule has 0 nitrogen and oxygen atoms in total. The molecule has 2 bridgehead atoms. The number of alkyl halides is 3. The average molecular weight is 347 g/mol. The van der Waals surface area contributed by atoms with Gasteiger partial charge in [0, 0.05) is 4.83 Å². The minimum absolute atomic E-state index is 0.541. The fourth-order valence-electron chi connectivity index (χ4n) is 2.58. The summed E-state index contributed by atoms with van der Waals surface area (Å²) in [5, 5.41) is 0. The number of hydrogen-bond acceptors (Lipinski definition) is 0. The van der Waals surface area contributed by atoms with Crippen molar-refractivity contribution in [3.8, 4) is 0 Å². The van der Waals surface area contributed by atoms with Crippen molar-refractivity contribution in [3.63, 3.8) is 0 Å². The molecule has 0 spiro atoms. The number of hydrogen-bond donors (Lipinski definition) is 0. The summed E-state index contributed by atoms with van der Waals surface area (Å²) in [6.07, 6.45) is 4.29. The molecule has 3 aliphatic carbocycles. The Morgan fingerprint density at radius 1 is 1.09 bits per heavy atom. The topological polar surface area (TPSA) is 0 Å². The van der Waals surface area contributed by atoms with E-state index >= 15 is 0 Å². The molecule has 0 radical (unpaired) electrons. The van der Waals surface area contributed by atoms with Gasteiger partial charge in [0.25, 0.3) is 0 Å². The van der Waals surface area contributed by atoms with Gasteiger partial charge in [-0.05, 0) is 30.6 Å². The van der Waals surface area contributed by atoms with Crippen LogP contribution in [0.15, 0.2) is 0 Å². The highest BCUT2D eigenvalue weighted by atomic mass is 79.9. The Kier molecular flexibility index (Phi) is 2.70. The second kappa shape index (κ2) is 3.30. The maximum Gasteiger partial charge on any atom is 0.0732 e. The molecular weight excluding hydrogens is 336 g/mol. The molecule has 0 aromatic heterocycles. The van der Waals surface area contributed by atoms with Crippen LogP contribution in [0.3, 0.4) is 0 Å². The summed E-state index contributed by atoms with van der Waals surface area (Å²) in [5.74, 6) is 2.74. The van der Waals surface area contributed by atoms with Crippen LogP contribution in [0.4, 0.5) is 0 Å². The summed E-state index contributed by atoms with van der Waals surface area (Å²) < 4.78 is 0.541. The maximum atomic E-state index is 3.77. The van der Waals surface area contributed by atoms with E-state index in [-0.39, 0.29) is 0 Å². The standard InChI is InChI=1S/C8H11Br3/c9-7-4-2-1-3-5(7)6(4)8(10)11/h4-8H,1-3H2/t4-,5+,6?,7?. The van der Waals surface area contributed by atoms with Crippen molar-refractivity contribution in [2.75, 3.05) is 0 Å². The lowest BCUT2D eigenvalue weighted by atomic mass is 9.58. The molecule has 2 unspecified atom stereocenters. The summed E-state index contributed by atoms with van der Waals surface area (Å²) in [7, 11) is 0. The zero-order chi connectivity index (χ0) is 8.01. The molecule has 0 saturated heterocycles. The third-order valence-electron chi connectivity index (χ3n) is 3.17. The third kappa shape index (κ3) is 1.35. The van der Waals surface area contributed by atoms with Gasteiger partial charge in [-0.3, -0.25) is 0 Å². The fraction of sp³-hybridized carbons (Fsp3) is 1.00. The minimum Gasteiger partial charge on any atom is -0.0884 e. The smallest absolute Gasteiger partial charge is 0.0732 e. The van der Waals surface area contributed by atoms with Gasteiger partial charge in [-0.1, -0.05) is 54.2 Å².